The first kappa shape index (κ1) is 12.9. The summed E-state index contributed by atoms with van der Waals surface area (Å²) in [5, 5.41) is 2.91. The summed E-state index contributed by atoms with van der Waals surface area (Å²) in [5.74, 6) is 1.10. The molecule has 2 nitrogen and oxygen atoms in total. The molecule has 0 aliphatic heterocycles. The van der Waals surface area contributed by atoms with Gasteiger partial charge in [-0.05, 0) is 18.3 Å². The number of halogens is 1. The van der Waals surface area contributed by atoms with Gasteiger partial charge in [-0.1, -0.05) is 43.6 Å². The third kappa shape index (κ3) is 6.08. The minimum absolute atomic E-state index is 0.0559. The van der Waals surface area contributed by atoms with Crippen molar-refractivity contribution in [1.29, 1.82) is 0 Å². The van der Waals surface area contributed by atoms with E-state index in [9.17, 15) is 4.79 Å². The fourth-order valence-corrected chi connectivity index (χ4v) is 1.05. The van der Waals surface area contributed by atoms with E-state index < -0.39 is 0 Å². The van der Waals surface area contributed by atoms with E-state index in [0.29, 0.717) is 11.8 Å². The average molecular weight is 250 g/mol. The van der Waals surface area contributed by atoms with Crippen LogP contribution in [0.5, 0.6) is 0 Å². The second-order valence-corrected chi connectivity index (χ2v) is 5.11. The van der Waals surface area contributed by atoms with E-state index >= 15 is 0 Å². The molecule has 0 saturated heterocycles. The van der Waals surface area contributed by atoms with Gasteiger partial charge in [0.25, 0.3) is 0 Å². The van der Waals surface area contributed by atoms with Gasteiger partial charge in [0.2, 0.25) is 5.91 Å². The molecule has 0 saturated carbocycles. The highest BCUT2D eigenvalue weighted by Crippen LogP contribution is 2.11. The lowest BCUT2D eigenvalue weighted by Gasteiger charge is -2.14. The minimum atomic E-state index is -0.0559. The van der Waals surface area contributed by atoms with E-state index in [2.05, 4.69) is 35.1 Å². The first-order chi connectivity index (χ1) is 5.95. The van der Waals surface area contributed by atoms with E-state index in [1.807, 2.05) is 13.8 Å². The lowest BCUT2D eigenvalue weighted by Crippen LogP contribution is -2.34. The highest BCUT2D eigenvalue weighted by molar-refractivity contribution is 9.10. The van der Waals surface area contributed by atoms with Crippen molar-refractivity contribution in [3.63, 3.8) is 0 Å². The maximum absolute atomic E-state index is 11.4. The highest BCUT2D eigenvalue weighted by atomic mass is 79.9. The Hall–Kier alpha value is -0.0500. The smallest absolute Gasteiger partial charge is 0.234 e. The molecule has 0 aromatic rings. The Balaban J connectivity index is 3.62. The third-order valence-electron chi connectivity index (χ3n) is 1.86. The fourth-order valence-electron chi connectivity index (χ4n) is 0.884. The van der Waals surface area contributed by atoms with E-state index in [4.69, 9.17) is 0 Å². The quantitative estimate of drug-likeness (QED) is 0.746. The van der Waals surface area contributed by atoms with E-state index in [1.165, 1.54) is 0 Å². The molecule has 0 spiro atoms. The maximum Gasteiger partial charge on any atom is 0.234 e. The summed E-state index contributed by atoms with van der Waals surface area (Å²) >= 11 is 3.36. The van der Waals surface area contributed by atoms with E-state index in [-0.39, 0.29) is 10.7 Å². The molecule has 0 radical (unpaired) electrons. The first-order valence-corrected chi connectivity index (χ1v) is 5.78. The number of hydrogen-bond acceptors (Lipinski definition) is 1. The Morgan fingerprint density at radius 1 is 1.31 bits per heavy atom. The standard InChI is InChI=1S/C10H20BrNO/c1-7(2)5-6-12-10(13)9(11)8(3)4/h7-9H,5-6H2,1-4H3,(H,12,13). The van der Waals surface area contributed by atoms with E-state index in [1.54, 1.807) is 0 Å². The van der Waals surface area contributed by atoms with Gasteiger partial charge < -0.3 is 5.32 Å². The zero-order valence-corrected chi connectivity index (χ0v) is 10.5. The molecule has 0 rings (SSSR count). The second kappa shape index (κ2) is 6.41. The molecule has 0 heterocycles. The Morgan fingerprint density at radius 3 is 2.23 bits per heavy atom. The number of hydrogen-bond donors (Lipinski definition) is 1. The van der Waals surface area contributed by atoms with Gasteiger partial charge in [-0.25, -0.2) is 0 Å². The summed E-state index contributed by atoms with van der Waals surface area (Å²) in [6.45, 7) is 9.15. The van der Waals surface area contributed by atoms with Crippen LogP contribution in [0, 0.1) is 11.8 Å². The van der Waals surface area contributed by atoms with Crippen LogP contribution in [0.3, 0.4) is 0 Å². The lowest BCUT2D eigenvalue weighted by molar-refractivity contribution is -0.121. The van der Waals surface area contributed by atoms with Crippen molar-refractivity contribution in [3.8, 4) is 0 Å². The van der Waals surface area contributed by atoms with Crippen LogP contribution in [0.4, 0.5) is 0 Å². The van der Waals surface area contributed by atoms with E-state index in [0.717, 1.165) is 13.0 Å². The van der Waals surface area contributed by atoms with Crippen molar-refractivity contribution < 1.29 is 4.79 Å². The average Bonchev–Trinajstić information content (AvgIpc) is 2.02. The lowest BCUT2D eigenvalue weighted by atomic mass is 10.1. The van der Waals surface area contributed by atoms with Crippen LogP contribution in [0.1, 0.15) is 34.1 Å². The molecule has 13 heavy (non-hydrogen) atoms. The third-order valence-corrected chi connectivity index (χ3v) is 3.33. The predicted octanol–water partition coefficient (Wildman–Crippen LogP) is 2.57. The van der Waals surface area contributed by atoms with Gasteiger partial charge in [-0.2, -0.15) is 0 Å². The monoisotopic (exact) mass is 249 g/mol. The second-order valence-electron chi connectivity index (χ2n) is 4.12. The van der Waals surface area contributed by atoms with Crippen molar-refractivity contribution in [2.45, 2.75) is 38.9 Å². The Bertz CT molecular complexity index is 157. The van der Waals surface area contributed by atoms with Crippen molar-refractivity contribution in [2.75, 3.05) is 6.54 Å². The van der Waals surface area contributed by atoms with Gasteiger partial charge in [-0.3, -0.25) is 4.79 Å². The van der Waals surface area contributed by atoms with Crippen LogP contribution in [-0.2, 0) is 4.79 Å². The van der Waals surface area contributed by atoms with Gasteiger partial charge in [0.1, 0.15) is 0 Å². The van der Waals surface area contributed by atoms with Crippen LogP contribution in [0.25, 0.3) is 0 Å². The molecule has 0 aromatic heterocycles. The summed E-state index contributed by atoms with van der Waals surface area (Å²) < 4.78 is 0. The fraction of sp³-hybridized carbons (Fsp3) is 0.900. The number of carbonyl (C=O) groups excluding carboxylic acids is 1. The molecule has 0 aliphatic rings. The van der Waals surface area contributed by atoms with Crippen LogP contribution in [-0.4, -0.2) is 17.3 Å². The summed E-state index contributed by atoms with van der Waals surface area (Å²) in [4.78, 5) is 11.4. The summed E-state index contributed by atoms with van der Waals surface area (Å²) in [5.41, 5.74) is 0. The molecule has 0 fully saturated rings. The molecule has 1 atom stereocenters. The number of amides is 1. The molecule has 0 aliphatic carbocycles. The van der Waals surface area contributed by atoms with Crippen LogP contribution < -0.4 is 5.32 Å². The van der Waals surface area contributed by atoms with Crippen molar-refractivity contribution in [3.05, 3.63) is 0 Å². The van der Waals surface area contributed by atoms with Gasteiger partial charge in [0, 0.05) is 6.54 Å². The number of alkyl halides is 1. The zero-order chi connectivity index (χ0) is 10.4. The number of rotatable bonds is 5. The Kier molecular flexibility index (Phi) is 6.39. The minimum Gasteiger partial charge on any atom is -0.355 e. The molecular formula is C10H20BrNO. The summed E-state index contributed by atoms with van der Waals surface area (Å²) in [6, 6.07) is 0. The zero-order valence-electron chi connectivity index (χ0n) is 8.93. The topological polar surface area (TPSA) is 29.1 Å². The van der Waals surface area contributed by atoms with Crippen LogP contribution >= 0.6 is 15.9 Å². The van der Waals surface area contributed by atoms with Crippen LogP contribution in [0.2, 0.25) is 0 Å². The van der Waals surface area contributed by atoms with Crippen molar-refractivity contribution in [2.24, 2.45) is 11.8 Å². The van der Waals surface area contributed by atoms with Crippen LogP contribution in [0.15, 0.2) is 0 Å². The Labute approximate surface area is 89.6 Å². The molecular weight excluding hydrogens is 230 g/mol. The van der Waals surface area contributed by atoms with Crippen molar-refractivity contribution >= 4 is 21.8 Å². The predicted molar refractivity (Wildman–Crippen MR) is 60.0 cm³/mol. The first-order valence-electron chi connectivity index (χ1n) is 4.87. The SMILES string of the molecule is CC(C)CCNC(=O)C(Br)C(C)C. The molecule has 0 bridgehead atoms. The highest BCUT2D eigenvalue weighted by Gasteiger charge is 2.17. The van der Waals surface area contributed by atoms with Crippen molar-refractivity contribution in [1.82, 2.24) is 5.32 Å². The molecule has 1 amide bonds. The number of carbonyl (C=O) groups is 1. The molecule has 1 unspecified atom stereocenters. The largest absolute Gasteiger partial charge is 0.355 e. The molecule has 3 heteroatoms. The van der Waals surface area contributed by atoms with Gasteiger partial charge in [-0.15, -0.1) is 0 Å². The number of nitrogens with one attached hydrogen (secondary N) is 1. The maximum atomic E-state index is 11.4. The Morgan fingerprint density at radius 2 is 1.85 bits per heavy atom. The van der Waals surface area contributed by atoms with Gasteiger partial charge >= 0.3 is 0 Å². The molecule has 1 N–H and O–H groups in total. The summed E-state index contributed by atoms with van der Waals surface area (Å²) in [6.07, 6.45) is 1.05. The van der Waals surface area contributed by atoms with Gasteiger partial charge in [0.05, 0.1) is 4.83 Å². The summed E-state index contributed by atoms with van der Waals surface area (Å²) in [7, 11) is 0. The molecule has 0 aromatic carbocycles. The normalized spacial score (nSPS) is 13.5. The van der Waals surface area contributed by atoms with Gasteiger partial charge in [0.15, 0.2) is 0 Å². The molecule has 78 valence electrons.